The van der Waals surface area contributed by atoms with Crippen molar-refractivity contribution in [2.24, 2.45) is 4.99 Å². The number of allylic oxidation sites excluding steroid dienone is 1. The highest BCUT2D eigenvalue weighted by atomic mass is 32.2. The first-order valence-corrected chi connectivity index (χ1v) is 7.70. The van der Waals surface area contributed by atoms with Crippen LogP contribution in [0.4, 0.5) is 0 Å². The summed E-state index contributed by atoms with van der Waals surface area (Å²) >= 11 is 1.86. The molecule has 0 spiro atoms. The second kappa shape index (κ2) is 12.6. The Labute approximate surface area is 116 Å². The van der Waals surface area contributed by atoms with Crippen LogP contribution in [0.3, 0.4) is 0 Å². The van der Waals surface area contributed by atoms with Crippen molar-refractivity contribution in [1.29, 1.82) is 0 Å². The monoisotopic (exact) mass is 269 g/mol. The molecule has 0 radical (unpaired) electrons. The molecule has 0 bridgehead atoms. The van der Waals surface area contributed by atoms with Gasteiger partial charge in [-0.15, -0.1) is 13.2 Å². The van der Waals surface area contributed by atoms with Gasteiger partial charge in [0.15, 0.2) is 5.96 Å². The lowest BCUT2D eigenvalue weighted by molar-refractivity contribution is 0.470. The average molecular weight is 269 g/mol. The lowest BCUT2D eigenvalue weighted by atomic mass is 10.3. The fourth-order valence-corrected chi connectivity index (χ4v) is 1.98. The summed E-state index contributed by atoms with van der Waals surface area (Å²) in [6.07, 6.45) is 6.07. The maximum Gasteiger partial charge on any atom is 0.193 e. The molecule has 4 heteroatoms. The zero-order valence-electron chi connectivity index (χ0n) is 11.8. The predicted octanol–water partition coefficient (Wildman–Crippen LogP) is 2.77. The van der Waals surface area contributed by atoms with Crippen molar-refractivity contribution in [3.8, 4) is 0 Å². The Morgan fingerprint density at radius 1 is 1.39 bits per heavy atom. The smallest absolute Gasteiger partial charge is 0.193 e. The third-order valence-corrected chi connectivity index (χ3v) is 3.27. The number of hydrogen-bond acceptors (Lipinski definition) is 2. The number of guanidine groups is 1. The van der Waals surface area contributed by atoms with Gasteiger partial charge in [0.05, 0.1) is 6.54 Å². The molecular weight excluding hydrogens is 242 g/mol. The summed E-state index contributed by atoms with van der Waals surface area (Å²) in [5.41, 5.74) is 0. The van der Waals surface area contributed by atoms with Crippen molar-refractivity contribution in [3.63, 3.8) is 0 Å². The van der Waals surface area contributed by atoms with E-state index in [0.717, 1.165) is 49.9 Å². The second-order valence-corrected chi connectivity index (χ2v) is 5.10. The van der Waals surface area contributed by atoms with Crippen molar-refractivity contribution in [2.45, 2.75) is 19.8 Å². The minimum Gasteiger partial charge on any atom is -0.357 e. The molecule has 0 aliphatic heterocycles. The summed E-state index contributed by atoms with van der Waals surface area (Å²) in [4.78, 5) is 6.80. The van der Waals surface area contributed by atoms with E-state index in [1.54, 1.807) is 0 Å². The lowest BCUT2D eigenvalue weighted by Crippen LogP contribution is -2.39. The number of hydrogen-bond donors (Lipinski definition) is 1. The summed E-state index contributed by atoms with van der Waals surface area (Å²) in [6.45, 7) is 12.3. The molecule has 0 heterocycles. The molecule has 0 saturated carbocycles. The van der Waals surface area contributed by atoms with Crippen LogP contribution in [-0.4, -0.2) is 49.0 Å². The van der Waals surface area contributed by atoms with E-state index in [4.69, 9.17) is 0 Å². The first-order valence-electron chi connectivity index (χ1n) is 6.55. The van der Waals surface area contributed by atoms with E-state index in [9.17, 15) is 0 Å². The number of aliphatic imine (C=N–C) groups is 1. The topological polar surface area (TPSA) is 27.6 Å². The first kappa shape index (κ1) is 17.1. The van der Waals surface area contributed by atoms with E-state index in [-0.39, 0.29) is 0 Å². The van der Waals surface area contributed by atoms with Gasteiger partial charge in [-0.2, -0.15) is 11.8 Å². The largest absolute Gasteiger partial charge is 0.357 e. The van der Waals surface area contributed by atoms with Crippen LogP contribution in [0.1, 0.15) is 19.8 Å². The summed E-state index contributed by atoms with van der Waals surface area (Å²) in [5.74, 6) is 3.05. The molecule has 0 aromatic carbocycles. The maximum absolute atomic E-state index is 4.61. The first-order chi connectivity index (χ1) is 8.76. The highest BCUT2D eigenvalue weighted by molar-refractivity contribution is 7.99. The van der Waals surface area contributed by atoms with Crippen molar-refractivity contribution in [1.82, 2.24) is 10.2 Å². The van der Waals surface area contributed by atoms with Gasteiger partial charge in [-0.05, 0) is 19.8 Å². The molecule has 0 aromatic heterocycles. The van der Waals surface area contributed by atoms with Crippen LogP contribution in [0.5, 0.6) is 0 Å². The van der Waals surface area contributed by atoms with E-state index in [1.807, 2.05) is 23.9 Å². The SMILES string of the molecule is C=CCCCN(C)C(=NCCSCC=C)NCC. The molecule has 0 amide bonds. The molecular formula is C14H27N3S. The maximum atomic E-state index is 4.61. The van der Waals surface area contributed by atoms with Gasteiger partial charge in [-0.1, -0.05) is 12.2 Å². The second-order valence-electron chi connectivity index (χ2n) is 3.95. The summed E-state index contributed by atoms with van der Waals surface area (Å²) in [7, 11) is 2.08. The van der Waals surface area contributed by atoms with Gasteiger partial charge in [-0.3, -0.25) is 4.99 Å². The Hall–Kier alpha value is -0.900. The van der Waals surface area contributed by atoms with Gasteiger partial charge in [0.2, 0.25) is 0 Å². The van der Waals surface area contributed by atoms with Crippen LogP contribution in [0.25, 0.3) is 0 Å². The Bertz CT molecular complexity index is 251. The van der Waals surface area contributed by atoms with Crippen molar-refractivity contribution < 1.29 is 0 Å². The molecule has 0 aliphatic rings. The Kier molecular flexibility index (Phi) is 11.9. The number of unbranched alkanes of at least 4 members (excludes halogenated alkanes) is 1. The predicted molar refractivity (Wildman–Crippen MR) is 85.6 cm³/mol. The zero-order valence-corrected chi connectivity index (χ0v) is 12.6. The standard InChI is InChI=1S/C14H27N3S/c1-5-8-9-11-17(4)14(15-7-3)16-10-13-18-12-6-2/h5-6H,1-2,7-13H2,3-4H3,(H,15,16). The molecule has 104 valence electrons. The van der Waals surface area contributed by atoms with Gasteiger partial charge in [0, 0.05) is 31.6 Å². The highest BCUT2D eigenvalue weighted by Gasteiger charge is 2.03. The van der Waals surface area contributed by atoms with Crippen LogP contribution in [0.2, 0.25) is 0 Å². The van der Waals surface area contributed by atoms with Gasteiger partial charge >= 0.3 is 0 Å². The fourth-order valence-electron chi connectivity index (χ4n) is 1.43. The van der Waals surface area contributed by atoms with Crippen molar-refractivity contribution in [2.75, 3.05) is 38.2 Å². The molecule has 0 fully saturated rings. The average Bonchev–Trinajstić information content (AvgIpc) is 2.37. The van der Waals surface area contributed by atoms with Crippen molar-refractivity contribution in [3.05, 3.63) is 25.3 Å². The van der Waals surface area contributed by atoms with E-state index in [0.29, 0.717) is 0 Å². The number of nitrogens with one attached hydrogen (secondary N) is 1. The molecule has 0 rings (SSSR count). The third kappa shape index (κ3) is 9.16. The fraction of sp³-hybridized carbons (Fsp3) is 0.643. The van der Waals surface area contributed by atoms with Gasteiger partial charge in [0.1, 0.15) is 0 Å². The van der Waals surface area contributed by atoms with E-state index >= 15 is 0 Å². The molecule has 0 saturated heterocycles. The Morgan fingerprint density at radius 2 is 2.17 bits per heavy atom. The molecule has 0 aromatic rings. The number of thioether (sulfide) groups is 1. The van der Waals surface area contributed by atoms with Crippen LogP contribution in [0, 0.1) is 0 Å². The van der Waals surface area contributed by atoms with Gasteiger partial charge in [-0.25, -0.2) is 0 Å². The normalized spacial score (nSPS) is 11.1. The lowest BCUT2D eigenvalue weighted by Gasteiger charge is -2.21. The minimum absolute atomic E-state index is 0.854. The molecule has 0 unspecified atom stereocenters. The zero-order chi connectivity index (χ0) is 13.6. The summed E-state index contributed by atoms with van der Waals surface area (Å²) < 4.78 is 0. The molecule has 3 nitrogen and oxygen atoms in total. The molecule has 0 aliphatic carbocycles. The van der Waals surface area contributed by atoms with E-state index in [1.165, 1.54) is 0 Å². The molecule has 18 heavy (non-hydrogen) atoms. The number of rotatable bonds is 10. The molecule has 1 N–H and O–H groups in total. The Balaban J connectivity index is 4.03. The summed E-state index contributed by atoms with van der Waals surface area (Å²) in [5, 5.41) is 3.32. The van der Waals surface area contributed by atoms with E-state index in [2.05, 4.69) is 42.3 Å². The Morgan fingerprint density at radius 3 is 2.78 bits per heavy atom. The van der Waals surface area contributed by atoms with Crippen LogP contribution in [0.15, 0.2) is 30.3 Å². The number of nitrogens with zero attached hydrogens (tertiary/aromatic N) is 2. The highest BCUT2D eigenvalue weighted by Crippen LogP contribution is 2.00. The van der Waals surface area contributed by atoms with Crippen LogP contribution < -0.4 is 5.32 Å². The summed E-state index contributed by atoms with van der Waals surface area (Å²) in [6, 6.07) is 0. The van der Waals surface area contributed by atoms with Gasteiger partial charge < -0.3 is 10.2 Å². The van der Waals surface area contributed by atoms with Crippen LogP contribution >= 0.6 is 11.8 Å². The van der Waals surface area contributed by atoms with Crippen LogP contribution in [-0.2, 0) is 0 Å². The minimum atomic E-state index is 0.854. The van der Waals surface area contributed by atoms with E-state index < -0.39 is 0 Å². The molecule has 0 atom stereocenters. The van der Waals surface area contributed by atoms with Gasteiger partial charge in [0.25, 0.3) is 0 Å². The quantitative estimate of drug-likeness (QED) is 0.286. The third-order valence-electron chi connectivity index (χ3n) is 2.33. The van der Waals surface area contributed by atoms with Crippen molar-refractivity contribution >= 4 is 17.7 Å².